The fourth-order valence-corrected chi connectivity index (χ4v) is 0. The van der Waals surface area contributed by atoms with Crippen LogP contribution in [0.4, 0.5) is 7.88 Å². The molecule has 0 saturated heterocycles. The van der Waals surface area contributed by atoms with Crippen LogP contribution in [0.25, 0.3) is 0 Å². The van der Waals surface area contributed by atoms with Gasteiger partial charge in [0.15, 0.2) is 0 Å². The van der Waals surface area contributed by atoms with E-state index in [0.29, 0.717) is 0 Å². The molecule has 26 valence electrons. The van der Waals surface area contributed by atoms with Gasteiger partial charge in [0.1, 0.15) is 0 Å². The second kappa shape index (κ2) is 1.95. The zero-order valence-electron chi connectivity index (χ0n) is 1.58. The molecule has 4 heavy (non-hydrogen) atoms. The van der Waals surface area contributed by atoms with Crippen LogP contribution in [0.5, 0.6) is 0 Å². The Kier molecular flexibility index (Phi) is 2.27. The monoisotopic (exact) mass is 266 g/mol. The fourth-order valence-electron chi connectivity index (χ4n) is 0. The maximum absolute atomic E-state index is 9.87. The molecule has 0 aromatic rings. The third-order valence-corrected chi connectivity index (χ3v) is 0. The summed E-state index contributed by atoms with van der Waals surface area (Å²) in [4.78, 5) is 0. The Morgan fingerprint density at radius 3 is 1.00 bits per heavy atom. The van der Waals surface area contributed by atoms with E-state index in [4.69, 9.17) is 0 Å². The van der Waals surface area contributed by atoms with Crippen LogP contribution in [0.3, 0.4) is 0 Å². The van der Waals surface area contributed by atoms with Crippen molar-refractivity contribution in [1.29, 1.82) is 0 Å². The molecule has 0 radical (unpaired) electrons. The van der Waals surface area contributed by atoms with Crippen LogP contribution in [0.2, 0.25) is 0 Å². The van der Waals surface area contributed by atoms with Gasteiger partial charge in [0.2, 0.25) is 0 Å². The van der Waals surface area contributed by atoms with Crippen LogP contribution < -0.4 is 0 Å². The molecule has 0 saturated carbocycles. The molecule has 0 fully saturated rings. The van der Waals surface area contributed by atoms with E-state index in [-0.39, 0.29) is 0 Å². The van der Waals surface area contributed by atoms with Gasteiger partial charge in [-0.25, -0.2) is 0 Å². The Balaban J connectivity index is 2.32. The van der Waals surface area contributed by atoms with Gasteiger partial charge in [0.25, 0.3) is 0 Å². The summed E-state index contributed by atoms with van der Waals surface area (Å²) >= 11 is -5.09. The molecule has 0 bridgehead atoms. The van der Waals surface area contributed by atoms with E-state index >= 15 is 0 Å². The van der Waals surface area contributed by atoms with Crippen molar-refractivity contribution in [3.63, 3.8) is 0 Å². The summed E-state index contributed by atoms with van der Waals surface area (Å²) in [5.74, 6) is 0. The van der Waals surface area contributed by atoms with Gasteiger partial charge in [-0.3, -0.25) is 0 Å². The Morgan fingerprint density at radius 1 is 1.00 bits per heavy atom. The first-order chi connectivity index (χ1) is 1.73. The van der Waals surface area contributed by atoms with E-state index in [0.717, 1.165) is 0 Å². The fraction of sp³-hybridized carbons (Fsp3) is 0. The molecule has 0 aromatic heterocycles. The van der Waals surface area contributed by atoms with Crippen LogP contribution in [-0.4, -0.2) is 23.6 Å². The van der Waals surface area contributed by atoms with Crippen molar-refractivity contribution in [3.8, 4) is 0 Å². The van der Waals surface area contributed by atoms with Crippen LogP contribution in [0.1, 0.15) is 0 Å². The summed E-state index contributed by atoms with van der Waals surface area (Å²) in [5, 5.41) is 0. The van der Waals surface area contributed by atoms with Crippen LogP contribution in [-0.2, 0) is 0 Å². The number of rotatable bonds is 0. The number of hydrogen-bond acceptors (Lipinski definition) is 0. The summed E-state index contributed by atoms with van der Waals surface area (Å²) in [6.45, 7) is 0. The maximum atomic E-state index is 9.87. The summed E-state index contributed by atoms with van der Waals surface area (Å²) < 4.78 is 29.6. The van der Waals surface area contributed by atoms with Gasteiger partial charge in [0.05, 0.1) is 0 Å². The van der Waals surface area contributed by atoms with Crippen LogP contribution >= 0.6 is 0 Å². The van der Waals surface area contributed by atoms with Crippen LogP contribution in [0, 0.1) is 0 Å². The molecule has 0 rings (SSSR count). The topological polar surface area (TPSA) is 0 Å². The molecule has 0 aliphatic carbocycles. The first-order valence-electron chi connectivity index (χ1n) is 0.507. The Morgan fingerprint density at radius 2 is 1.00 bits per heavy atom. The summed E-state index contributed by atoms with van der Waals surface area (Å²) in [6.07, 6.45) is 0. The average Bonchev–Trinajstić information content (AvgIpc) is 0.811. The molecular formula is BiF3. The van der Waals surface area contributed by atoms with E-state index in [9.17, 15) is 7.88 Å². The molecule has 0 amide bonds. The van der Waals surface area contributed by atoms with Crippen molar-refractivity contribution in [3.05, 3.63) is 0 Å². The molecule has 0 nitrogen and oxygen atoms in total. The molecular weight excluding hydrogens is 266 g/mol. The molecule has 0 heterocycles. The van der Waals surface area contributed by atoms with Gasteiger partial charge in [-0.15, -0.1) is 0 Å². The molecule has 4 heteroatoms. The molecule has 0 aromatic carbocycles. The van der Waals surface area contributed by atoms with Crippen molar-refractivity contribution in [2.24, 2.45) is 0 Å². The van der Waals surface area contributed by atoms with Crippen molar-refractivity contribution in [1.82, 2.24) is 0 Å². The van der Waals surface area contributed by atoms with Gasteiger partial charge in [-0.2, -0.15) is 0 Å². The SMILES string of the molecule is [F][Bi]([F])[F]. The first kappa shape index (κ1) is 4.67. The third kappa shape index (κ3) is 16.5. The second-order valence-corrected chi connectivity index (χ2v) is 1.68. The Hall–Kier alpha value is 0.673. The molecule has 0 aliphatic rings. The van der Waals surface area contributed by atoms with E-state index < -0.39 is 23.6 Å². The number of hydrogen-bond donors (Lipinski definition) is 0. The predicted octanol–water partition coefficient (Wildman–Crippen LogP) is 0.880. The quantitative estimate of drug-likeness (QED) is 0.571. The van der Waals surface area contributed by atoms with Crippen LogP contribution in [0.15, 0.2) is 0 Å². The third-order valence-electron chi connectivity index (χ3n) is 0. The minimum atomic E-state index is -5.09. The first-order valence-corrected chi connectivity index (χ1v) is 4.45. The van der Waals surface area contributed by atoms with Gasteiger partial charge >= 0.3 is 31.5 Å². The van der Waals surface area contributed by atoms with E-state index in [1.807, 2.05) is 0 Å². The molecule has 0 unspecified atom stereocenters. The van der Waals surface area contributed by atoms with Gasteiger partial charge in [0, 0.05) is 0 Å². The van der Waals surface area contributed by atoms with Crippen molar-refractivity contribution >= 4 is 23.6 Å². The Bertz CT molecular complexity index is 8.00. The molecule has 0 spiro atoms. The van der Waals surface area contributed by atoms with E-state index in [1.165, 1.54) is 0 Å². The van der Waals surface area contributed by atoms with Gasteiger partial charge < -0.3 is 0 Å². The molecule has 0 aliphatic heterocycles. The van der Waals surface area contributed by atoms with Crippen molar-refractivity contribution in [2.45, 2.75) is 0 Å². The normalized spacial score (nSPS) is 9.00. The molecule has 0 N–H and O–H groups in total. The van der Waals surface area contributed by atoms with E-state index in [2.05, 4.69) is 0 Å². The Labute approximate surface area is 31.9 Å². The number of halogens is 3. The summed E-state index contributed by atoms with van der Waals surface area (Å²) in [6, 6.07) is 0. The van der Waals surface area contributed by atoms with Gasteiger partial charge in [-0.1, -0.05) is 0 Å². The van der Waals surface area contributed by atoms with Crippen molar-refractivity contribution in [2.75, 3.05) is 0 Å². The minimum absolute atomic E-state index is 5.09. The average molecular weight is 266 g/mol. The summed E-state index contributed by atoms with van der Waals surface area (Å²) in [5.41, 5.74) is 0. The van der Waals surface area contributed by atoms with Crippen molar-refractivity contribution < 1.29 is 7.88 Å². The second-order valence-electron chi connectivity index (χ2n) is 0.192. The van der Waals surface area contributed by atoms with Gasteiger partial charge in [-0.05, 0) is 0 Å². The molecule has 0 atom stereocenters. The zero-order valence-corrected chi connectivity index (χ0v) is 5.06. The predicted molar refractivity (Wildman–Crippen MR) is 9.08 cm³/mol. The zero-order chi connectivity index (χ0) is 3.58. The van der Waals surface area contributed by atoms with E-state index in [1.54, 1.807) is 0 Å². The summed E-state index contributed by atoms with van der Waals surface area (Å²) in [7, 11) is 0. The standard InChI is InChI=1S/Bi.3FH/h;3*1H/q+3;;;/p-3.